The normalized spacial score (nSPS) is 11.0. The monoisotopic (exact) mass is 375 g/mol. The summed E-state index contributed by atoms with van der Waals surface area (Å²) in [6, 6.07) is 17.7. The van der Waals surface area contributed by atoms with Crippen molar-refractivity contribution >= 4 is 22.7 Å². The fourth-order valence-corrected chi connectivity index (χ4v) is 3.28. The zero-order valence-corrected chi connectivity index (χ0v) is 15.4. The van der Waals surface area contributed by atoms with E-state index in [0.29, 0.717) is 0 Å². The van der Waals surface area contributed by atoms with Crippen molar-refractivity contribution in [1.82, 2.24) is 14.8 Å². The number of methoxy groups -OCH3 is 1. The molecule has 0 atom stereocenters. The van der Waals surface area contributed by atoms with Crippen LogP contribution in [0, 0.1) is 0 Å². The smallest absolute Gasteiger partial charge is 0.203 e. The number of rotatable bonds is 6. The number of benzene rings is 2. The minimum atomic E-state index is 0.730. The Kier molecular flexibility index (Phi) is 4.93. The third-order valence-electron chi connectivity index (χ3n) is 3.92. The molecule has 0 bridgehead atoms. The highest BCUT2D eigenvalue weighted by atomic mass is 32.1. The maximum atomic E-state index is 5.32. The second-order valence-electron chi connectivity index (χ2n) is 5.65. The molecule has 0 aliphatic heterocycles. The molecule has 0 aliphatic carbocycles. The standard InChI is InChI=1S/C20H17N5OS/c1-26-17-8-9-19(25-11-5-10-22-25)16(12-17)13-21-24-20-23-18(14-27-20)15-6-3-2-4-7-15/h2-14H,1H3,(H,23,24). The summed E-state index contributed by atoms with van der Waals surface area (Å²) in [7, 11) is 1.64. The molecule has 2 heterocycles. The zero-order chi connectivity index (χ0) is 18.5. The van der Waals surface area contributed by atoms with Crippen LogP contribution in [0.2, 0.25) is 0 Å². The van der Waals surface area contributed by atoms with E-state index in [9.17, 15) is 0 Å². The predicted molar refractivity (Wildman–Crippen MR) is 109 cm³/mol. The predicted octanol–water partition coefficient (Wildman–Crippen LogP) is 4.45. The molecule has 0 spiro atoms. The second kappa shape index (κ2) is 7.84. The van der Waals surface area contributed by atoms with Crippen LogP contribution in [0.5, 0.6) is 5.75 Å². The van der Waals surface area contributed by atoms with Gasteiger partial charge in [-0.15, -0.1) is 11.3 Å². The van der Waals surface area contributed by atoms with Crippen LogP contribution in [0.25, 0.3) is 16.9 Å². The molecule has 4 aromatic rings. The lowest BCUT2D eigenvalue weighted by Crippen LogP contribution is -2.01. The van der Waals surface area contributed by atoms with Crippen LogP contribution in [-0.2, 0) is 0 Å². The first-order valence-electron chi connectivity index (χ1n) is 8.31. The molecule has 6 nitrogen and oxygen atoms in total. The third-order valence-corrected chi connectivity index (χ3v) is 4.67. The first-order valence-corrected chi connectivity index (χ1v) is 9.19. The van der Waals surface area contributed by atoms with Gasteiger partial charge in [-0.05, 0) is 24.3 Å². The summed E-state index contributed by atoms with van der Waals surface area (Å²) in [5, 5.41) is 11.4. The van der Waals surface area contributed by atoms with Crippen LogP contribution in [-0.4, -0.2) is 28.1 Å². The summed E-state index contributed by atoms with van der Waals surface area (Å²) in [5.41, 5.74) is 6.80. The molecule has 134 valence electrons. The number of anilines is 1. The molecule has 0 unspecified atom stereocenters. The van der Waals surface area contributed by atoms with Crippen molar-refractivity contribution < 1.29 is 4.74 Å². The molecule has 0 saturated carbocycles. The van der Waals surface area contributed by atoms with Crippen molar-refractivity contribution in [3.63, 3.8) is 0 Å². The fraction of sp³-hybridized carbons (Fsp3) is 0.0500. The van der Waals surface area contributed by atoms with Crippen LogP contribution in [0.15, 0.2) is 77.5 Å². The molecule has 0 radical (unpaired) electrons. The molecular weight excluding hydrogens is 358 g/mol. The molecule has 0 aliphatic rings. The second-order valence-corrected chi connectivity index (χ2v) is 6.51. The van der Waals surface area contributed by atoms with Crippen molar-refractivity contribution in [3.05, 3.63) is 77.9 Å². The van der Waals surface area contributed by atoms with Gasteiger partial charge in [0.1, 0.15) is 5.75 Å². The van der Waals surface area contributed by atoms with Gasteiger partial charge in [-0.3, -0.25) is 5.43 Å². The average Bonchev–Trinajstić information content (AvgIpc) is 3.41. The summed E-state index contributed by atoms with van der Waals surface area (Å²) >= 11 is 1.51. The van der Waals surface area contributed by atoms with E-state index in [1.807, 2.05) is 66.2 Å². The van der Waals surface area contributed by atoms with Crippen molar-refractivity contribution in [2.24, 2.45) is 5.10 Å². The summed E-state index contributed by atoms with van der Waals surface area (Å²) in [6.07, 6.45) is 5.37. The van der Waals surface area contributed by atoms with Crippen molar-refractivity contribution in [3.8, 4) is 22.7 Å². The van der Waals surface area contributed by atoms with E-state index < -0.39 is 0 Å². The highest BCUT2D eigenvalue weighted by molar-refractivity contribution is 7.14. The van der Waals surface area contributed by atoms with Gasteiger partial charge in [0, 0.05) is 28.9 Å². The quantitative estimate of drug-likeness (QED) is 0.399. The summed E-state index contributed by atoms with van der Waals surface area (Å²) < 4.78 is 7.11. The number of hydrogen-bond donors (Lipinski definition) is 1. The van der Waals surface area contributed by atoms with Crippen molar-refractivity contribution in [2.45, 2.75) is 0 Å². The van der Waals surface area contributed by atoms with Gasteiger partial charge in [-0.25, -0.2) is 9.67 Å². The molecule has 0 amide bonds. The molecule has 2 aromatic carbocycles. The van der Waals surface area contributed by atoms with Gasteiger partial charge in [0.05, 0.1) is 24.7 Å². The van der Waals surface area contributed by atoms with Crippen LogP contribution in [0.4, 0.5) is 5.13 Å². The first-order chi connectivity index (χ1) is 13.3. The van der Waals surface area contributed by atoms with Gasteiger partial charge in [0.25, 0.3) is 0 Å². The number of aromatic nitrogens is 3. The lowest BCUT2D eigenvalue weighted by atomic mass is 10.2. The van der Waals surface area contributed by atoms with Gasteiger partial charge in [0.2, 0.25) is 5.13 Å². The van der Waals surface area contributed by atoms with Gasteiger partial charge >= 0.3 is 0 Å². The zero-order valence-electron chi connectivity index (χ0n) is 14.6. The number of hydrogen-bond acceptors (Lipinski definition) is 6. The van der Waals surface area contributed by atoms with Crippen LogP contribution < -0.4 is 10.2 Å². The maximum Gasteiger partial charge on any atom is 0.203 e. The first kappa shape index (κ1) is 17.0. The Bertz CT molecular complexity index is 1040. The minimum Gasteiger partial charge on any atom is -0.497 e. The van der Waals surface area contributed by atoms with Crippen LogP contribution in [0.3, 0.4) is 0 Å². The third kappa shape index (κ3) is 3.88. The molecule has 7 heteroatoms. The van der Waals surface area contributed by atoms with E-state index >= 15 is 0 Å². The van der Waals surface area contributed by atoms with Gasteiger partial charge in [-0.2, -0.15) is 10.2 Å². The topological polar surface area (TPSA) is 64.3 Å². The Hall–Kier alpha value is -3.45. The molecule has 4 rings (SSSR count). The molecule has 2 aromatic heterocycles. The van der Waals surface area contributed by atoms with E-state index in [-0.39, 0.29) is 0 Å². The van der Waals surface area contributed by atoms with E-state index in [1.165, 1.54) is 11.3 Å². The Morgan fingerprint density at radius 3 is 2.81 bits per heavy atom. The van der Waals surface area contributed by atoms with E-state index in [0.717, 1.165) is 33.4 Å². The van der Waals surface area contributed by atoms with Crippen molar-refractivity contribution in [1.29, 1.82) is 0 Å². The van der Waals surface area contributed by atoms with Crippen molar-refractivity contribution in [2.75, 3.05) is 12.5 Å². The number of nitrogens with zero attached hydrogens (tertiary/aromatic N) is 4. The number of ether oxygens (including phenoxy) is 1. The maximum absolute atomic E-state index is 5.32. The Morgan fingerprint density at radius 1 is 1.15 bits per heavy atom. The molecule has 1 N–H and O–H groups in total. The lowest BCUT2D eigenvalue weighted by Gasteiger charge is -2.08. The van der Waals surface area contributed by atoms with E-state index in [2.05, 4.69) is 20.6 Å². The summed E-state index contributed by atoms with van der Waals surface area (Å²) in [5.74, 6) is 0.757. The van der Waals surface area contributed by atoms with E-state index in [4.69, 9.17) is 4.74 Å². The Labute approximate surface area is 160 Å². The lowest BCUT2D eigenvalue weighted by molar-refractivity contribution is 0.414. The Balaban J connectivity index is 1.54. The molecule has 0 fully saturated rings. The van der Waals surface area contributed by atoms with Gasteiger partial charge in [-0.1, -0.05) is 30.3 Å². The van der Waals surface area contributed by atoms with Crippen LogP contribution >= 0.6 is 11.3 Å². The number of nitrogens with one attached hydrogen (secondary N) is 1. The Morgan fingerprint density at radius 2 is 2.04 bits per heavy atom. The number of thiazole rings is 1. The summed E-state index contributed by atoms with van der Waals surface area (Å²) in [6.45, 7) is 0. The van der Waals surface area contributed by atoms with Gasteiger partial charge < -0.3 is 4.74 Å². The molecule has 0 saturated heterocycles. The average molecular weight is 375 g/mol. The SMILES string of the molecule is COc1ccc(-n2cccn2)c(C=NNc2nc(-c3ccccc3)cs2)c1. The summed E-state index contributed by atoms with van der Waals surface area (Å²) in [4.78, 5) is 4.57. The molecule has 27 heavy (non-hydrogen) atoms. The minimum absolute atomic E-state index is 0.730. The highest BCUT2D eigenvalue weighted by Gasteiger charge is 2.06. The number of hydrazone groups is 1. The largest absolute Gasteiger partial charge is 0.497 e. The molecular formula is C20H17N5OS. The highest BCUT2D eigenvalue weighted by Crippen LogP contribution is 2.24. The van der Waals surface area contributed by atoms with Gasteiger partial charge in [0.15, 0.2) is 0 Å². The van der Waals surface area contributed by atoms with Crippen LogP contribution in [0.1, 0.15) is 5.56 Å². The fourth-order valence-electron chi connectivity index (χ4n) is 2.61. The van der Waals surface area contributed by atoms with E-state index in [1.54, 1.807) is 24.2 Å².